The van der Waals surface area contributed by atoms with Crippen LogP contribution in [-0.2, 0) is 33.6 Å². The maximum Gasteiger partial charge on any atom is 2.00 e. The first kappa shape index (κ1) is 63.5. The first-order valence-electron chi connectivity index (χ1n) is 28.1. The predicted octanol–water partition coefficient (Wildman–Crippen LogP) is 14.8. The number of carbonyl (C=O) groups excluding carboxylic acids is 2. The molecule has 0 saturated heterocycles. The smallest absolute Gasteiger partial charge is 0.550 e. The number of thioether (sulfide) groups is 2. The second-order valence-electron chi connectivity index (χ2n) is 23.4. The van der Waals surface area contributed by atoms with Crippen LogP contribution in [0.15, 0.2) is 158 Å². The van der Waals surface area contributed by atoms with Crippen LogP contribution in [0.4, 0.5) is 0 Å². The molecule has 13 heteroatoms. The Hall–Kier alpha value is -5.47. The van der Waals surface area contributed by atoms with E-state index in [-0.39, 0.29) is 57.2 Å². The molecule has 6 aromatic carbocycles. The largest absolute Gasteiger partial charge is 2.00 e. The molecule has 2 saturated carbocycles. The molecule has 2 heterocycles. The maximum absolute atomic E-state index is 11.4. The number of benzene rings is 6. The van der Waals surface area contributed by atoms with Crippen molar-refractivity contribution in [2.24, 2.45) is 10.8 Å². The molecule has 8 aromatic rings. The number of aliphatic carboxylic acids is 2. The van der Waals surface area contributed by atoms with Crippen LogP contribution in [0.5, 0.6) is 0 Å². The summed E-state index contributed by atoms with van der Waals surface area (Å²) in [6, 6.07) is 52.8. The molecule has 10 rings (SSSR count). The van der Waals surface area contributed by atoms with Gasteiger partial charge in [0.1, 0.15) is 0 Å². The van der Waals surface area contributed by atoms with Crippen LogP contribution in [0.3, 0.4) is 0 Å². The van der Waals surface area contributed by atoms with Crippen molar-refractivity contribution in [3.63, 3.8) is 0 Å². The van der Waals surface area contributed by atoms with Crippen molar-refractivity contribution in [1.82, 2.24) is 9.97 Å². The van der Waals surface area contributed by atoms with Gasteiger partial charge in [0.2, 0.25) is 0 Å². The van der Waals surface area contributed by atoms with E-state index in [1.54, 1.807) is 0 Å². The molecule has 2 aliphatic carbocycles. The molecule has 2 aliphatic rings. The molecule has 2 fully saturated rings. The van der Waals surface area contributed by atoms with Gasteiger partial charge in [0, 0.05) is 43.3 Å². The SMILES string of the molecule is CC(C)(O)c1ccccc1CC[C@@H](SCC1(CC(=O)[O-])CC1)c1cccc(/C=C/c2ccc3ccc(Cl)cc3n2)c1.CC(C)(O)c1ccccc1CC[C@@H](SCC1(CC(=O)[O-])CC1)c1cccc(/C=C/c2ccc3ccc(Cl)cc3n2)c1.[Mg+2]. The maximum atomic E-state index is 11.4. The van der Waals surface area contributed by atoms with E-state index in [0.29, 0.717) is 10.0 Å². The van der Waals surface area contributed by atoms with Crippen LogP contribution in [0, 0.1) is 10.8 Å². The van der Waals surface area contributed by atoms with Gasteiger partial charge in [-0.2, -0.15) is 23.5 Å². The van der Waals surface area contributed by atoms with Crippen molar-refractivity contribution in [3.05, 3.63) is 224 Å². The van der Waals surface area contributed by atoms with E-state index >= 15 is 0 Å². The minimum absolute atomic E-state index is 0. The fourth-order valence-corrected chi connectivity index (χ4v) is 14.2. The zero-order valence-corrected chi connectivity index (χ0v) is 52.2. The Morgan fingerprint density at radius 1 is 0.542 bits per heavy atom. The van der Waals surface area contributed by atoms with Gasteiger partial charge in [-0.25, -0.2) is 9.97 Å². The third kappa shape index (κ3) is 18.3. The third-order valence-electron chi connectivity index (χ3n) is 15.6. The number of rotatable bonds is 24. The summed E-state index contributed by atoms with van der Waals surface area (Å²) < 4.78 is 0. The number of carboxylic acids is 2. The van der Waals surface area contributed by atoms with Gasteiger partial charge < -0.3 is 30.0 Å². The van der Waals surface area contributed by atoms with Crippen molar-refractivity contribution in [1.29, 1.82) is 0 Å². The molecule has 8 nitrogen and oxygen atoms in total. The van der Waals surface area contributed by atoms with Crippen LogP contribution in [0.25, 0.3) is 46.1 Å². The zero-order valence-electron chi connectivity index (χ0n) is 47.7. The Labute approximate surface area is 523 Å². The van der Waals surface area contributed by atoms with E-state index in [1.807, 2.05) is 160 Å². The van der Waals surface area contributed by atoms with Gasteiger partial charge in [-0.1, -0.05) is 157 Å². The fourth-order valence-electron chi connectivity index (χ4n) is 10.7. The summed E-state index contributed by atoms with van der Waals surface area (Å²) in [7, 11) is 0. The number of fused-ring (bicyclic) bond motifs is 2. The van der Waals surface area contributed by atoms with Crippen molar-refractivity contribution < 1.29 is 30.0 Å². The van der Waals surface area contributed by atoms with Crippen LogP contribution >= 0.6 is 46.7 Å². The van der Waals surface area contributed by atoms with E-state index < -0.39 is 23.1 Å². The number of halogens is 2. The molecule has 0 bridgehead atoms. The number of pyridine rings is 2. The molecule has 424 valence electrons. The number of hydrogen-bond acceptors (Lipinski definition) is 10. The van der Waals surface area contributed by atoms with Gasteiger partial charge in [0.05, 0.1) is 33.6 Å². The summed E-state index contributed by atoms with van der Waals surface area (Å²) in [6.45, 7) is 7.29. The summed E-state index contributed by atoms with van der Waals surface area (Å²) in [4.78, 5) is 32.2. The predicted molar refractivity (Wildman–Crippen MR) is 343 cm³/mol. The van der Waals surface area contributed by atoms with E-state index in [1.165, 1.54) is 11.1 Å². The first-order valence-corrected chi connectivity index (χ1v) is 31.0. The minimum atomic E-state index is -0.963. The fraction of sp³-hybridized carbons (Fsp3) is 0.314. The number of hydrogen-bond donors (Lipinski definition) is 2. The number of aromatic nitrogens is 2. The quantitative estimate of drug-likeness (QED) is 0.0561. The van der Waals surface area contributed by atoms with Crippen LogP contribution in [0.1, 0.15) is 145 Å². The van der Waals surface area contributed by atoms with E-state index in [4.69, 9.17) is 33.2 Å². The minimum Gasteiger partial charge on any atom is -0.550 e. The molecular formula is C70H70Cl2MgN2O6S2. The molecule has 2 atom stereocenters. The Morgan fingerprint density at radius 2 is 0.928 bits per heavy atom. The summed E-state index contributed by atoms with van der Waals surface area (Å²) >= 11 is 16.0. The second-order valence-corrected chi connectivity index (χ2v) is 26.6. The normalized spacial score (nSPS) is 15.1. The number of nitrogens with zero attached hydrogens (tertiary/aromatic N) is 2. The van der Waals surface area contributed by atoms with E-state index in [2.05, 4.69) is 72.8 Å². The number of carboxylic acid groups (broad SMARTS) is 2. The van der Waals surface area contributed by atoms with Gasteiger partial charge in [-0.3, -0.25) is 0 Å². The van der Waals surface area contributed by atoms with Gasteiger partial charge in [-0.05, 0) is 207 Å². The molecule has 0 radical (unpaired) electrons. The van der Waals surface area contributed by atoms with Crippen molar-refractivity contribution in [3.8, 4) is 0 Å². The number of carbonyl (C=O) groups is 2. The molecule has 0 spiro atoms. The van der Waals surface area contributed by atoms with Crippen molar-refractivity contribution >= 4 is 128 Å². The van der Waals surface area contributed by atoms with Gasteiger partial charge in [0.15, 0.2) is 0 Å². The summed E-state index contributed by atoms with van der Waals surface area (Å²) in [5.74, 6) is -0.337. The van der Waals surface area contributed by atoms with Gasteiger partial charge >= 0.3 is 23.1 Å². The molecular weight excluding hydrogens is 1120 g/mol. The third-order valence-corrected chi connectivity index (χ3v) is 19.5. The molecule has 0 aliphatic heterocycles. The molecule has 2 aromatic heterocycles. The van der Waals surface area contributed by atoms with Crippen LogP contribution in [-0.4, -0.2) is 66.7 Å². The Bertz CT molecular complexity index is 3390. The molecule has 83 heavy (non-hydrogen) atoms. The summed E-state index contributed by atoms with van der Waals surface area (Å²) in [5, 5.41) is 48.0. The average Bonchev–Trinajstić information content (AvgIpc) is 4.48. The van der Waals surface area contributed by atoms with Crippen molar-refractivity contribution in [2.75, 3.05) is 11.5 Å². The summed E-state index contributed by atoms with van der Waals surface area (Å²) in [6.07, 6.45) is 15.6. The Kier molecular flexibility index (Phi) is 21.6. The standard InChI is InChI=1S/2C35H36ClNO3S.Mg/c2*1-34(2,40)30-9-4-3-7-25(30)13-17-32(41-23-35(18-19-35)22-33(38)39)27-8-5-6-24(20-27)10-15-29-16-12-26-11-14-28(36)21-31(26)37-29;/h2*3-12,14-16,20-21,32,40H,13,17-19,22-23H2,1-2H3,(H,38,39);/q;;+2/p-2/b2*15-10+;/t2*32-;/m11./s1. The second kappa shape index (κ2) is 28.2. The van der Waals surface area contributed by atoms with E-state index in [9.17, 15) is 30.0 Å². The van der Waals surface area contributed by atoms with E-state index in [0.717, 1.165) is 129 Å². The average molecular weight is 1190 g/mol. The summed E-state index contributed by atoms with van der Waals surface area (Å²) in [5.41, 5.74) is 10.1. The van der Waals surface area contributed by atoms with Gasteiger partial charge in [0.25, 0.3) is 0 Å². The van der Waals surface area contributed by atoms with Crippen molar-refractivity contribution in [2.45, 2.75) is 114 Å². The number of aliphatic hydroxyl groups is 2. The molecule has 2 N–H and O–H groups in total. The monoisotopic (exact) mass is 1190 g/mol. The topological polar surface area (TPSA) is 146 Å². The van der Waals surface area contributed by atoms with Crippen LogP contribution < -0.4 is 10.2 Å². The molecule has 0 unspecified atom stereocenters. The molecule has 0 amide bonds. The Balaban J connectivity index is 0.000000214. The van der Waals surface area contributed by atoms with Gasteiger partial charge in [-0.15, -0.1) is 0 Å². The van der Waals surface area contributed by atoms with Crippen LogP contribution in [0.2, 0.25) is 10.0 Å². The zero-order chi connectivity index (χ0) is 58.1. The first-order chi connectivity index (χ1) is 39.2. The number of aryl methyl sites for hydroxylation is 2. The Morgan fingerprint density at radius 3 is 1.30 bits per heavy atom.